The number of benzene rings is 1. The van der Waals surface area contributed by atoms with Crippen LogP contribution in [0.15, 0.2) is 24.3 Å². The Morgan fingerprint density at radius 1 is 1.22 bits per heavy atom. The minimum atomic E-state index is -3.83. The molecule has 2 aliphatic rings. The van der Waals surface area contributed by atoms with Crippen molar-refractivity contribution in [2.24, 2.45) is 0 Å². The standard InChI is InChI=1S/C16H16N2O3S2.C2H6.CH3.Y/c1-9-5-3-4-6-11(9)14-12(19)13-15(18(2)23(14,20)21)17-16(22-13)10-7-8-10;1-2;;/h3-6,10,19H,7-8H2,1-2H3;1-2H3;1H3;/q;;-1;. The van der Waals surface area contributed by atoms with Crippen molar-refractivity contribution < 1.29 is 46.2 Å². The van der Waals surface area contributed by atoms with Gasteiger partial charge in [0, 0.05) is 51.2 Å². The van der Waals surface area contributed by atoms with Crippen molar-refractivity contribution in [3.05, 3.63) is 52.7 Å². The Morgan fingerprint density at radius 3 is 2.37 bits per heavy atom. The summed E-state index contributed by atoms with van der Waals surface area (Å²) in [6, 6.07) is 7.18. The van der Waals surface area contributed by atoms with Crippen LogP contribution in [0.5, 0.6) is 0 Å². The monoisotopic (exact) mass is 482 g/mol. The summed E-state index contributed by atoms with van der Waals surface area (Å²) >= 11 is 1.40. The van der Waals surface area contributed by atoms with Crippen molar-refractivity contribution in [1.82, 2.24) is 4.98 Å². The Balaban J connectivity index is 0.000000883. The number of rotatable bonds is 2. The minimum absolute atomic E-state index is 0. The Hall–Kier alpha value is -0.756. The van der Waals surface area contributed by atoms with E-state index in [0.717, 1.165) is 23.4 Å². The first-order chi connectivity index (χ1) is 11.9. The molecule has 1 N–H and O–H groups in total. The maximum Gasteiger partial charge on any atom is 0.269 e. The second-order valence-electron chi connectivity index (χ2n) is 5.94. The van der Waals surface area contributed by atoms with Gasteiger partial charge < -0.3 is 12.5 Å². The molecule has 1 fully saturated rings. The molecule has 2 heterocycles. The van der Waals surface area contributed by atoms with E-state index >= 15 is 0 Å². The SMILES string of the molecule is CC.Cc1ccccc1C1=C(O)c2sc(C3CC3)nc2N(C)S1(=O)=O.[CH3-].[Y]. The van der Waals surface area contributed by atoms with Crippen LogP contribution >= 0.6 is 11.3 Å². The fraction of sp³-hybridized carbons (Fsp3) is 0.368. The van der Waals surface area contributed by atoms with Crippen molar-refractivity contribution in [3.63, 3.8) is 0 Å². The molecule has 1 aliphatic heterocycles. The summed E-state index contributed by atoms with van der Waals surface area (Å²) in [7, 11) is -2.33. The number of aliphatic hydroxyl groups is 1. The molecule has 1 saturated carbocycles. The Morgan fingerprint density at radius 2 is 1.81 bits per heavy atom. The number of anilines is 1. The fourth-order valence-electron chi connectivity index (χ4n) is 2.77. The molecular formula is C19H25N2O3S2Y-. The van der Waals surface area contributed by atoms with Crippen LogP contribution in [-0.2, 0) is 42.7 Å². The Labute approximate surface area is 191 Å². The number of thiazole rings is 1. The molecule has 1 aromatic carbocycles. The van der Waals surface area contributed by atoms with E-state index in [0.29, 0.717) is 22.2 Å². The van der Waals surface area contributed by atoms with Gasteiger partial charge >= 0.3 is 0 Å². The van der Waals surface area contributed by atoms with Crippen LogP contribution < -0.4 is 4.31 Å². The molecule has 0 spiro atoms. The summed E-state index contributed by atoms with van der Waals surface area (Å²) in [6.45, 7) is 5.84. The van der Waals surface area contributed by atoms with Crippen LogP contribution in [0.25, 0.3) is 10.7 Å². The molecule has 2 aromatic rings. The van der Waals surface area contributed by atoms with Gasteiger partial charge in [-0.2, -0.15) is 0 Å². The normalized spacial score (nSPS) is 17.1. The summed E-state index contributed by atoms with van der Waals surface area (Å²) in [6.07, 6.45) is 2.16. The van der Waals surface area contributed by atoms with Gasteiger partial charge in [0.2, 0.25) is 0 Å². The molecule has 4 rings (SSSR count). The molecule has 27 heavy (non-hydrogen) atoms. The number of fused-ring (bicyclic) bond motifs is 1. The molecule has 1 aliphatic carbocycles. The van der Waals surface area contributed by atoms with E-state index in [1.54, 1.807) is 12.1 Å². The predicted octanol–water partition coefficient (Wildman–Crippen LogP) is 4.97. The third-order valence-electron chi connectivity index (χ3n) is 4.29. The molecule has 0 unspecified atom stereocenters. The van der Waals surface area contributed by atoms with Crippen molar-refractivity contribution in [2.75, 3.05) is 11.4 Å². The van der Waals surface area contributed by atoms with Gasteiger partial charge in [0.25, 0.3) is 10.0 Å². The molecule has 145 valence electrons. The molecule has 0 atom stereocenters. The van der Waals surface area contributed by atoms with E-state index < -0.39 is 10.0 Å². The zero-order valence-corrected chi connectivity index (χ0v) is 20.8. The first kappa shape index (κ1) is 24.3. The van der Waals surface area contributed by atoms with Crippen molar-refractivity contribution >= 4 is 37.8 Å². The van der Waals surface area contributed by atoms with E-state index in [1.807, 2.05) is 32.9 Å². The third-order valence-corrected chi connectivity index (χ3v) is 7.33. The summed E-state index contributed by atoms with van der Waals surface area (Å²) in [4.78, 5) is 4.97. The van der Waals surface area contributed by atoms with Gasteiger partial charge in [0.15, 0.2) is 11.6 Å². The van der Waals surface area contributed by atoms with E-state index in [4.69, 9.17) is 0 Å². The number of hydrogen-bond acceptors (Lipinski definition) is 5. The minimum Gasteiger partial charge on any atom is -0.505 e. The summed E-state index contributed by atoms with van der Waals surface area (Å²) in [5.74, 6) is 0.569. The van der Waals surface area contributed by atoms with Gasteiger partial charge in [-0.1, -0.05) is 38.1 Å². The molecule has 1 aromatic heterocycles. The van der Waals surface area contributed by atoms with E-state index in [2.05, 4.69) is 4.98 Å². The van der Waals surface area contributed by atoms with Gasteiger partial charge in [0.1, 0.15) is 9.78 Å². The predicted molar refractivity (Wildman–Crippen MR) is 110 cm³/mol. The zero-order valence-electron chi connectivity index (χ0n) is 16.4. The first-order valence-electron chi connectivity index (χ1n) is 8.40. The quantitative estimate of drug-likeness (QED) is 0.614. The number of nitrogens with zero attached hydrogens (tertiary/aromatic N) is 2. The number of hydrogen-bond donors (Lipinski definition) is 1. The smallest absolute Gasteiger partial charge is 0.269 e. The maximum atomic E-state index is 12.9. The van der Waals surface area contributed by atoms with E-state index in [-0.39, 0.29) is 50.8 Å². The average molecular weight is 482 g/mol. The van der Waals surface area contributed by atoms with Crippen molar-refractivity contribution in [2.45, 2.75) is 39.5 Å². The van der Waals surface area contributed by atoms with Crippen LogP contribution in [0, 0.1) is 14.4 Å². The third kappa shape index (κ3) is 4.16. The average Bonchev–Trinajstić information content (AvgIpc) is 3.35. The van der Waals surface area contributed by atoms with Gasteiger partial charge in [-0.25, -0.2) is 13.4 Å². The largest absolute Gasteiger partial charge is 0.505 e. The van der Waals surface area contributed by atoms with Crippen molar-refractivity contribution in [1.29, 1.82) is 0 Å². The second kappa shape index (κ2) is 9.16. The topological polar surface area (TPSA) is 70.5 Å². The fourth-order valence-corrected chi connectivity index (χ4v) is 5.60. The van der Waals surface area contributed by atoms with Gasteiger partial charge in [-0.3, -0.25) is 4.31 Å². The molecule has 0 saturated heterocycles. The van der Waals surface area contributed by atoms with Gasteiger partial charge in [-0.05, 0) is 25.3 Å². The van der Waals surface area contributed by atoms with Crippen LogP contribution in [-0.4, -0.2) is 25.6 Å². The summed E-state index contributed by atoms with van der Waals surface area (Å²) < 4.78 is 27.0. The van der Waals surface area contributed by atoms with Crippen LogP contribution in [0.2, 0.25) is 0 Å². The van der Waals surface area contributed by atoms with Crippen LogP contribution in [0.4, 0.5) is 5.82 Å². The summed E-state index contributed by atoms with van der Waals surface area (Å²) in [5, 5.41) is 11.6. The first-order valence-corrected chi connectivity index (χ1v) is 10.7. The molecule has 0 bridgehead atoms. The van der Waals surface area contributed by atoms with Crippen LogP contribution in [0.3, 0.4) is 0 Å². The Bertz CT molecular complexity index is 948. The number of sulfonamides is 1. The zero-order chi connectivity index (χ0) is 18.4. The number of aryl methyl sites for hydroxylation is 1. The number of aliphatic hydroxyl groups excluding tert-OH is 1. The molecular weight excluding hydrogens is 457 g/mol. The van der Waals surface area contributed by atoms with Gasteiger partial charge in [0.05, 0.1) is 5.01 Å². The van der Waals surface area contributed by atoms with E-state index in [9.17, 15) is 13.5 Å². The molecule has 0 amide bonds. The molecule has 1 radical (unpaired) electrons. The summed E-state index contributed by atoms with van der Waals surface area (Å²) in [5.41, 5.74) is 1.34. The second-order valence-corrected chi connectivity index (χ2v) is 8.88. The Kier molecular flexibility index (Phi) is 8.24. The van der Waals surface area contributed by atoms with Crippen LogP contribution in [0.1, 0.15) is 53.6 Å². The van der Waals surface area contributed by atoms with Crippen molar-refractivity contribution in [3.8, 4) is 0 Å². The van der Waals surface area contributed by atoms with E-state index in [1.165, 1.54) is 22.7 Å². The number of aromatic nitrogens is 1. The maximum absolute atomic E-state index is 12.9. The molecule has 5 nitrogen and oxygen atoms in total. The molecule has 8 heteroatoms. The van der Waals surface area contributed by atoms with Gasteiger partial charge in [-0.15, -0.1) is 11.3 Å².